The highest BCUT2D eigenvalue weighted by molar-refractivity contribution is 6.01. The van der Waals surface area contributed by atoms with E-state index in [1.165, 1.54) is 0 Å². The van der Waals surface area contributed by atoms with Crippen molar-refractivity contribution in [3.8, 4) is 17.2 Å². The number of hydrogen-bond acceptors (Lipinski definition) is 6. The zero-order chi connectivity index (χ0) is 26.6. The second-order valence-electron chi connectivity index (χ2n) is 9.89. The Kier molecular flexibility index (Phi) is 7.59. The first-order valence-corrected chi connectivity index (χ1v) is 13.5. The molecule has 2 aliphatic rings. The van der Waals surface area contributed by atoms with Crippen LogP contribution in [0.4, 0.5) is 11.4 Å². The molecular formula is C32H36N2O4. The molecule has 3 unspecified atom stereocenters. The first-order chi connectivity index (χ1) is 18.5. The highest BCUT2D eigenvalue weighted by Gasteiger charge is 2.37. The molecule has 0 amide bonds. The number of para-hydroxylation sites is 3. The molecular weight excluding hydrogens is 476 g/mol. The predicted octanol–water partition coefficient (Wildman–Crippen LogP) is 7.25. The van der Waals surface area contributed by atoms with Gasteiger partial charge in [-0.3, -0.25) is 4.79 Å². The Labute approximate surface area is 225 Å². The molecule has 1 heterocycles. The fourth-order valence-corrected chi connectivity index (χ4v) is 5.30. The summed E-state index contributed by atoms with van der Waals surface area (Å²) in [6.45, 7) is 6.69. The molecule has 0 fully saturated rings. The van der Waals surface area contributed by atoms with Gasteiger partial charge in [0.15, 0.2) is 17.3 Å². The zero-order valence-corrected chi connectivity index (χ0v) is 22.5. The second-order valence-corrected chi connectivity index (χ2v) is 9.89. The van der Waals surface area contributed by atoms with Crippen LogP contribution in [0.2, 0.25) is 0 Å². The molecule has 1 aliphatic carbocycles. The molecule has 38 heavy (non-hydrogen) atoms. The fraction of sp³-hybridized carbons (Fsp3) is 0.344. The first kappa shape index (κ1) is 25.7. The van der Waals surface area contributed by atoms with Gasteiger partial charge >= 0.3 is 0 Å². The molecule has 6 nitrogen and oxygen atoms in total. The Morgan fingerprint density at radius 1 is 0.921 bits per heavy atom. The Morgan fingerprint density at radius 3 is 2.45 bits per heavy atom. The second kappa shape index (κ2) is 11.2. The van der Waals surface area contributed by atoms with Gasteiger partial charge in [0.25, 0.3) is 0 Å². The van der Waals surface area contributed by atoms with Crippen LogP contribution in [0.15, 0.2) is 78.0 Å². The fourth-order valence-electron chi connectivity index (χ4n) is 5.30. The van der Waals surface area contributed by atoms with E-state index in [2.05, 4.69) is 30.5 Å². The third-order valence-corrected chi connectivity index (χ3v) is 7.40. The van der Waals surface area contributed by atoms with Crippen molar-refractivity contribution in [2.75, 3.05) is 24.4 Å². The van der Waals surface area contributed by atoms with Crippen molar-refractivity contribution in [1.29, 1.82) is 0 Å². The molecule has 0 bridgehead atoms. The third kappa shape index (κ3) is 5.08. The summed E-state index contributed by atoms with van der Waals surface area (Å²) in [5.41, 5.74) is 5.66. The minimum Gasteiger partial charge on any atom is -0.493 e. The van der Waals surface area contributed by atoms with Crippen molar-refractivity contribution in [2.24, 2.45) is 0 Å². The number of hydrogen-bond donors (Lipinski definition) is 2. The summed E-state index contributed by atoms with van der Waals surface area (Å²) in [7, 11) is 1.65. The van der Waals surface area contributed by atoms with Gasteiger partial charge in [0.05, 0.1) is 37.2 Å². The smallest absolute Gasteiger partial charge is 0.163 e. The zero-order valence-electron chi connectivity index (χ0n) is 22.5. The number of nitrogens with one attached hydrogen (secondary N) is 2. The molecule has 6 heteroatoms. The third-order valence-electron chi connectivity index (χ3n) is 7.40. The van der Waals surface area contributed by atoms with Crippen LogP contribution in [0.1, 0.15) is 63.1 Å². The number of methoxy groups -OCH3 is 1. The molecule has 0 radical (unpaired) electrons. The van der Waals surface area contributed by atoms with E-state index in [9.17, 15) is 4.79 Å². The molecule has 0 spiro atoms. The van der Waals surface area contributed by atoms with Gasteiger partial charge in [-0.15, -0.1) is 0 Å². The molecule has 198 valence electrons. The van der Waals surface area contributed by atoms with Crippen LogP contribution in [0.25, 0.3) is 0 Å². The van der Waals surface area contributed by atoms with Gasteiger partial charge in [0, 0.05) is 23.3 Å². The van der Waals surface area contributed by atoms with Crippen molar-refractivity contribution >= 4 is 17.2 Å². The first-order valence-electron chi connectivity index (χ1n) is 13.5. The molecule has 3 atom stereocenters. The number of allylic oxidation sites excluding steroid dienone is 1. The molecule has 0 saturated carbocycles. The summed E-state index contributed by atoms with van der Waals surface area (Å²) in [5, 5.41) is 7.30. The molecule has 0 aromatic heterocycles. The van der Waals surface area contributed by atoms with Crippen molar-refractivity contribution in [3.63, 3.8) is 0 Å². The highest BCUT2D eigenvalue weighted by Crippen LogP contribution is 2.46. The number of rotatable bonds is 8. The Balaban J connectivity index is 1.57. The van der Waals surface area contributed by atoms with Crippen LogP contribution in [-0.2, 0) is 4.79 Å². The quantitative estimate of drug-likeness (QED) is 0.331. The summed E-state index contributed by atoms with van der Waals surface area (Å²) >= 11 is 0. The molecule has 3 aromatic carbocycles. The van der Waals surface area contributed by atoms with Gasteiger partial charge < -0.3 is 24.8 Å². The predicted molar refractivity (Wildman–Crippen MR) is 151 cm³/mol. The van der Waals surface area contributed by atoms with E-state index in [1.807, 2.05) is 67.6 Å². The number of Topliss-reactive ketones (excluding diaryl/α,β-unsaturated/α-hetero) is 1. The SMILES string of the molecule is CCOc1ccc(C2CC(=O)C3=C(C2)Nc2ccccc2NC3c2ccccc2OC(C)CC)cc1OC. The van der Waals surface area contributed by atoms with Crippen molar-refractivity contribution < 1.29 is 19.0 Å². The van der Waals surface area contributed by atoms with Crippen molar-refractivity contribution in [2.45, 2.75) is 58.1 Å². The largest absolute Gasteiger partial charge is 0.493 e. The molecule has 2 N–H and O–H groups in total. The molecule has 0 saturated heterocycles. The lowest BCUT2D eigenvalue weighted by Crippen LogP contribution is -2.27. The molecule has 1 aliphatic heterocycles. The number of carbonyl (C=O) groups excluding carboxylic acids is 1. The van der Waals surface area contributed by atoms with Crippen LogP contribution in [0.5, 0.6) is 17.2 Å². The van der Waals surface area contributed by atoms with Crippen LogP contribution in [0.3, 0.4) is 0 Å². The maximum atomic E-state index is 14.0. The van der Waals surface area contributed by atoms with Crippen molar-refractivity contribution in [3.05, 3.63) is 89.1 Å². The average molecular weight is 513 g/mol. The number of benzene rings is 3. The Hall–Kier alpha value is -3.93. The summed E-state index contributed by atoms with van der Waals surface area (Å²) in [6.07, 6.45) is 2.10. The van der Waals surface area contributed by atoms with E-state index in [-0.39, 0.29) is 23.8 Å². The minimum atomic E-state index is -0.329. The van der Waals surface area contributed by atoms with Gasteiger partial charge in [0.1, 0.15) is 5.75 Å². The minimum absolute atomic E-state index is 0.0239. The lowest BCUT2D eigenvalue weighted by molar-refractivity contribution is -0.116. The van der Waals surface area contributed by atoms with Gasteiger partial charge in [-0.05, 0) is 68.5 Å². The lowest BCUT2D eigenvalue weighted by Gasteiger charge is -2.31. The van der Waals surface area contributed by atoms with Gasteiger partial charge in [-0.2, -0.15) is 0 Å². The monoisotopic (exact) mass is 512 g/mol. The van der Waals surface area contributed by atoms with E-state index in [0.29, 0.717) is 30.9 Å². The molecule has 5 rings (SSSR count). The maximum absolute atomic E-state index is 14.0. The van der Waals surface area contributed by atoms with Crippen LogP contribution in [-0.4, -0.2) is 25.6 Å². The Morgan fingerprint density at radius 2 is 1.68 bits per heavy atom. The average Bonchev–Trinajstić information content (AvgIpc) is 3.10. The standard InChI is InChI=1S/C32H36N2O4/c1-5-20(3)38-28-14-10-7-11-23(28)32-31-26(33-24-12-8-9-13-25(24)34-32)17-22(18-27(31)35)21-15-16-29(37-6-2)30(19-21)36-4/h7-16,19-20,22,32-34H,5-6,17-18H2,1-4H3. The summed E-state index contributed by atoms with van der Waals surface area (Å²) < 4.78 is 17.6. The van der Waals surface area contributed by atoms with Gasteiger partial charge in [-0.25, -0.2) is 0 Å². The highest BCUT2D eigenvalue weighted by atomic mass is 16.5. The number of anilines is 2. The van der Waals surface area contributed by atoms with Crippen LogP contribution in [0, 0.1) is 0 Å². The van der Waals surface area contributed by atoms with E-state index in [1.54, 1.807) is 7.11 Å². The van der Waals surface area contributed by atoms with Gasteiger partial charge in [-0.1, -0.05) is 43.3 Å². The summed E-state index contributed by atoms with van der Waals surface area (Å²) in [4.78, 5) is 14.0. The summed E-state index contributed by atoms with van der Waals surface area (Å²) in [5.74, 6) is 2.35. The number of fused-ring (bicyclic) bond motifs is 1. The van der Waals surface area contributed by atoms with Crippen LogP contribution < -0.4 is 24.8 Å². The number of carbonyl (C=O) groups is 1. The van der Waals surface area contributed by atoms with E-state index in [0.717, 1.165) is 45.9 Å². The van der Waals surface area contributed by atoms with Crippen molar-refractivity contribution in [1.82, 2.24) is 0 Å². The molecule has 3 aromatic rings. The van der Waals surface area contributed by atoms with E-state index < -0.39 is 0 Å². The number of ketones is 1. The number of ether oxygens (including phenoxy) is 3. The van der Waals surface area contributed by atoms with E-state index >= 15 is 0 Å². The Bertz CT molecular complexity index is 1350. The normalized spacial score (nSPS) is 19.3. The topological polar surface area (TPSA) is 68.8 Å². The summed E-state index contributed by atoms with van der Waals surface area (Å²) in [6, 6.07) is 21.8. The van der Waals surface area contributed by atoms with Gasteiger partial charge in [0.2, 0.25) is 0 Å². The van der Waals surface area contributed by atoms with E-state index in [4.69, 9.17) is 14.2 Å². The van der Waals surface area contributed by atoms with Crippen LogP contribution >= 0.6 is 0 Å². The lowest BCUT2D eigenvalue weighted by atomic mass is 9.78. The maximum Gasteiger partial charge on any atom is 0.163 e.